The van der Waals surface area contributed by atoms with Gasteiger partial charge in [-0.25, -0.2) is 4.79 Å². The van der Waals surface area contributed by atoms with Gasteiger partial charge in [0.15, 0.2) is 0 Å². The van der Waals surface area contributed by atoms with Gasteiger partial charge in [-0.1, -0.05) is 32.0 Å². The highest BCUT2D eigenvalue weighted by Gasteiger charge is 2.23. The standard InChI is InChI=1S/C23H30N4O2/c1-4-18-7-6-8-19(5-2)22(18)26-13-15-27(16-14-26)23(29)25-21-11-9-20(10-12-21)24-17(3)28/h6-12H,4-5,13-16H2,1-3H3,(H,24,28)(H,25,29). The van der Waals surface area contributed by atoms with Crippen LogP contribution in [0.1, 0.15) is 31.9 Å². The first-order chi connectivity index (χ1) is 14.0. The molecule has 1 heterocycles. The van der Waals surface area contributed by atoms with Crippen LogP contribution in [-0.4, -0.2) is 43.0 Å². The van der Waals surface area contributed by atoms with Gasteiger partial charge in [-0.05, 0) is 48.2 Å². The van der Waals surface area contributed by atoms with Crippen LogP contribution in [0.2, 0.25) is 0 Å². The molecule has 154 valence electrons. The van der Waals surface area contributed by atoms with Crippen molar-refractivity contribution in [3.63, 3.8) is 0 Å². The third kappa shape index (κ3) is 5.08. The predicted molar refractivity (Wildman–Crippen MR) is 119 cm³/mol. The third-order valence-corrected chi connectivity index (χ3v) is 5.30. The number of para-hydroxylation sites is 1. The summed E-state index contributed by atoms with van der Waals surface area (Å²) in [5.41, 5.74) is 5.54. The molecule has 0 spiro atoms. The van der Waals surface area contributed by atoms with E-state index >= 15 is 0 Å². The lowest BCUT2D eigenvalue weighted by Gasteiger charge is -2.38. The number of carbonyl (C=O) groups excluding carboxylic acids is 2. The monoisotopic (exact) mass is 394 g/mol. The maximum atomic E-state index is 12.6. The topological polar surface area (TPSA) is 64.7 Å². The van der Waals surface area contributed by atoms with Gasteiger partial charge in [0.25, 0.3) is 0 Å². The van der Waals surface area contributed by atoms with E-state index in [1.54, 1.807) is 24.3 Å². The lowest BCUT2D eigenvalue weighted by atomic mass is 10.0. The molecular formula is C23H30N4O2. The second-order valence-electron chi connectivity index (χ2n) is 7.29. The molecule has 29 heavy (non-hydrogen) atoms. The molecule has 3 amide bonds. The molecule has 0 bridgehead atoms. The number of nitrogens with one attached hydrogen (secondary N) is 2. The minimum absolute atomic E-state index is 0.0866. The van der Waals surface area contributed by atoms with E-state index in [9.17, 15) is 9.59 Å². The molecule has 1 saturated heterocycles. The summed E-state index contributed by atoms with van der Waals surface area (Å²) in [6.07, 6.45) is 2.02. The zero-order valence-corrected chi connectivity index (χ0v) is 17.5. The van der Waals surface area contributed by atoms with Crippen LogP contribution in [0, 0.1) is 0 Å². The number of rotatable bonds is 5. The van der Waals surface area contributed by atoms with Gasteiger partial charge in [-0.15, -0.1) is 0 Å². The first-order valence-electron chi connectivity index (χ1n) is 10.3. The molecule has 0 aromatic heterocycles. The van der Waals surface area contributed by atoms with Crippen molar-refractivity contribution in [2.24, 2.45) is 0 Å². The summed E-state index contributed by atoms with van der Waals surface area (Å²) < 4.78 is 0. The number of hydrogen-bond acceptors (Lipinski definition) is 3. The molecule has 0 unspecified atom stereocenters. The molecule has 2 aromatic carbocycles. The Labute approximate surface area is 172 Å². The van der Waals surface area contributed by atoms with Crippen LogP contribution in [0.4, 0.5) is 21.9 Å². The van der Waals surface area contributed by atoms with Crippen LogP contribution in [0.5, 0.6) is 0 Å². The average Bonchev–Trinajstić information content (AvgIpc) is 2.74. The fraction of sp³-hybridized carbons (Fsp3) is 0.391. The Morgan fingerprint density at radius 3 is 1.83 bits per heavy atom. The Morgan fingerprint density at radius 2 is 1.34 bits per heavy atom. The molecule has 0 saturated carbocycles. The highest BCUT2D eigenvalue weighted by atomic mass is 16.2. The predicted octanol–water partition coefficient (Wildman–Crippen LogP) is 4.12. The van der Waals surface area contributed by atoms with E-state index in [0.717, 1.165) is 31.6 Å². The molecule has 2 N–H and O–H groups in total. The number of piperazine rings is 1. The van der Waals surface area contributed by atoms with Crippen LogP contribution in [0.3, 0.4) is 0 Å². The van der Waals surface area contributed by atoms with Crippen molar-refractivity contribution in [2.75, 3.05) is 41.7 Å². The zero-order valence-electron chi connectivity index (χ0n) is 17.5. The number of hydrogen-bond donors (Lipinski definition) is 2. The van der Waals surface area contributed by atoms with Crippen LogP contribution >= 0.6 is 0 Å². The van der Waals surface area contributed by atoms with E-state index in [-0.39, 0.29) is 11.9 Å². The van der Waals surface area contributed by atoms with E-state index < -0.39 is 0 Å². The number of benzene rings is 2. The lowest BCUT2D eigenvalue weighted by Crippen LogP contribution is -2.50. The molecule has 1 aliphatic rings. The fourth-order valence-electron chi connectivity index (χ4n) is 3.80. The molecule has 0 radical (unpaired) electrons. The first kappa shape index (κ1) is 20.7. The molecule has 0 aliphatic carbocycles. The van der Waals surface area contributed by atoms with Crippen LogP contribution in [0.25, 0.3) is 0 Å². The fourth-order valence-corrected chi connectivity index (χ4v) is 3.80. The minimum Gasteiger partial charge on any atom is -0.368 e. The summed E-state index contributed by atoms with van der Waals surface area (Å²) in [5, 5.41) is 5.67. The normalized spacial score (nSPS) is 13.9. The van der Waals surface area contributed by atoms with Crippen molar-refractivity contribution in [2.45, 2.75) is 33.6 Å². The van der Waals surface area contributed by atoms with E-state index in [2.05, 4.69) is 47.6 Å². The second-order valence-corrected chi connectivity index (χ2v) is 7.29. The summed E-state index contributed by atoms with van der Waals surface area (Å²) in [7, 11) is 0. The molecule has 0 atom stereocenters. The summed E-state index contributed by atoms with van der Waals surface area (Å²) in [6.45, 7) is 8.90. The number of urea groups is 1. The van der Waals surface area contributed by atoms with Gasteiger partial charge in [0.05, 0.1) is 0 Å². The number of anilines is 3. The van der Waals surface area contributed by atoms with Gasteiger partial charge >= 0.3 is 6.03 Å². The van der Waals surface area contributed by atoms with Gasteiger partial charge in [-0.2, -0.15) is 0 Å². The molecular weight excluding hydrogens is 364 g/mol. The molecule has 3 rings (SSSR count). The first-order valence-corrected chi connectivity index (χ1v) is 10.3. The van der Waals surface area contributed by atoms with E-state index in [1.165, 1.54) is 23.7 Å². The largest absolute Gasteiger partial charge is 0.368 e. The van der Waals surface area contributed by atoms with Crippen molar-refractivity contribution in [1.29, 1.82) is 0 Å². The Hall–Kier alpha value is -3.02. The SMILES string of the molecule is CCc1cccc(CC)c1N1CCN(C(=O)Nc2ccc(NC(C)=O)cc2)CC1. The number of aryl methyl sites for hydroxylation is 2. The highest BCUT2D eigenvalue weighted by molar-refractivity contribution is 5.91. The van der Waals surface area contributed by atoms with Crippen molar-refractivity contribution in [3.05, 3.63) is 53.6 Å². The molecule has 1 fully saturated rings. The Balaban J connectivity index is 1.59. The van der Waals surface area contributed by atoms with Crippen molar-refractivity contribution in [3.8, 4) is 0 Å². The average molecular weight is 395 g/mol. The van der Waals surface area contributed by atoms with Gasteiger partial charge < -0.3 is 20.4 Å². The van der Waals surface area contributed by atoms with Crippen LogP contribution in [-0.2, 0) is 17.6 Å². The Bertz CT molecular complexity index is 833. The van der Waals surface area contributed by atoms with Crippen LogP contribution < -0.4 is 15.5 Å². The summed E-state index contributed by atoms with van der Waals surface area (Å²) in [4.78, 5) is 28.0. The van der Waals surface area contributed by atoms with Gasteiger partial charge in [0, 0.05) is 50.2 Å². The zero-order chi connectivity index (χ0) is 20.8. The number of carbonyl (C=O) groups is 2. The quantitative estimate of drug-likeness (QED) is 0.802. The molecule has 2 aromatic rings. The van der Waals surface area contributed by atoms with E-state index in [1.807, 2.05) is 4.90 Å². The van der Waals surface area contributed by atoms with Crippen molar-refractivity contribution >= 4 is 29.0 Å². The molecule has 1 aliphatic heterocycles. The smallest absolute Gasteiger partial charge is 0.321 e. The van der Waals surface area contributed by atoms with E-state index in [4.69, 9.17) is 0 Å². The third-order valence-electron chi connectivity index (χ3n) is 5.30. The highest BCUT2D eigenvalue weighted by Crippen LogP contribution is 2.28. The summed E-state index contributed by atoms with van der Waals surface area (Å²) >= 11 is 0. The molecule has 6 nitrogen and oxygen atoms in total. The van der Waals surface area contributed by atoms with Crippen molar-refractivity contribution in [1.82, 2.24) is 4.90 Å². The maximum Gasteiger partial charge on any atom is 0.321 e. The van der Waals surface area contributed by atoms with Gasteiger partial charge in [-0.3, -0.25) is 4.79 Å². The number of nitrogens with zero attached hydrogens (tertiary/aromatic N) is 2. The van der Waals surface area contributed by atoms with Gasteiger partial charge in [0.1, 0.15) is 0 Å². The van der Waals surface area contributed by atoms with Crippen LogP contribution in [0.15, 0.2) is 42.5 Å². The maximum absolute atomic E-state index is 12.6. The Morgan fingerprint density at radius 1 is 0.828 bits per heavy atom. The van der Waals surface area contributed by atoms with Gasteiger partial charge in [0.2, 0.25) is 5.91 Å². The lowest BCUT2D eigenvalue weighted by molar-refractivity contribution is -0.114. The summed E-state index contributed by atoms with van der Waals surface area (Å²) in [6, 6.07) is 13.6. The van der Waals surface area contributed by atoms with E-state index in [0.29, 0.717) is 18.8 Å². The Kier molecular flexibility index (Phi) is 6.75. The minimum atomic E-state index is -0.115. The number of amides is 3. The van der Waals surface area contributed by atoms with Crippen molar-refractivity contribution < 1.29 is 9.59 Å². The molecule has 6 heteroatoms. The second kappa shape index (κ2) is 9.45. The summed E-state index contributed by atoms with van der Waals surface area (Å²) in [5.74, 6) is -0.115.